The van der Waals surface area contributed by atoms with Crippen molar-refractivity contribution in [3.05, 3.63) is 47.3 Å². The zero-order chi connectivity index (χ0) is 13.3. The number of benzene rings is 1. The number of hydrogen-bond donors (Lipinski definition) is 3. The molecule has 2 aromatic rings. The number of aryl methyl sites for hydroxylation is 1. The molecule has 5 nitrogen and oxygen atoms in total. The highest BCUT2D eigenvalue weighted by Crippen LogP contribution is 2.30. The van der Waals surface area contributed by atoms with Crippen LogP contribution in [0.2, 0.25) is 0 Å². The molecule has 0 saturated heterocycles. The molecule has 1 heterocycles. The lowest BCUT2D eigenvalue weighted by molar-refractivity contribution is 0.0687. The molecule has 5 heteroatoms. The third-order valence-electron chi connectivity index (χ3n) is 2.68. The summed E-state index contributed by atoms with van der Waals surface area (Å²) < 4.78 is 0. The first-order chi connectivity index (χ1) is 8.52. The Bertz CT molecular complexity index is 613. The van der Waals surface area contributed by atoms with Gasteiger partial charge in [-0.05, 0) is 12.5 Å². The molecule has 0 amide bonds. The zero-order valence-electron chi connectivity index (χ0n) is 9.60. The lowest BCUT2D eigenvalue weighted by Gasteiger charge is -2.03. The van der Waals surface area contributed by atoms with Gasteiger partial charge < -0.3 is 15.2 Å². The van der Waals surface area contributed by atoms with Gasteiger partial charge in [0.1, 0.15) is 5.69 Å². The van der Waals surface area contributed by atoms with Crippen molar-refractivity contribution >= 4 is 11.9 Å². The molecular weight excluding hydrogens is 234 g/mol. The van der Waals surface area contributed by atoms with Crippen LogP contribution in [0.4, 0.5) is 0 Å². The SMILES string of the molecule is Cc1[nH]c(C(=O)O)c(-c2ccccc2)c1C(=O)O. The van der Waals surface area contributed by atoms with Gasteiger partial charge in [-0.2, -0.15) is 0 Å². The lowest BCUT2D eigenvalue weighted by atomic mass is 10.0. The number of hydrogen-bond acceptors (Lipinski definition) is 2. The highest BCUT2D eigenvalue weighted by atomic mass is 16.4. The van der Waals surface area contributed by atoms with Crippen LogP contribution in [-0.2, 0) is 0 Å². The fourth-order valence-electron chi connectivity index (χ4n) is 1.95. The summed E-state index contributed by atoms with van der Waals surface area (Å²) in [6.45, 7) is 1.54. The standard InChI is InChI=1S/C13H11NO4/c1-7-9(12(15)16)10(11(14-7)13(17)18)8-5-3-2-4-6-8/h2-6,14H,1H3,(H,15,16)(H,17,18). The normalized spacial score (nSPS) is 10.3. The summed E-state index contributed by atoms with van der Waals surface area (Å²) in [5.74, 6) is -2.32. The summed E-state index contributed by atoms with van der Waals surface area (Å²) in [6, 6.07) is 8.61. The molecule has 0 saturated carbocycles. The minimum absolute atomic E-state index is 0.00130. The molecule has 18 heavy (non-hydrogen) atoms. The van der Waals surface area contributed by atoms with Crippen LogP contribution >= 0.6 is 0 Å². The molecule has 1 aromatic carbocycles. The van der Waals surface area contributed by atoms with Crippen molar-refractivity contribution in [1.82, 2.24) is 4.98 Å². The number of aromatic carboxylic acids is 2. The molecule has 0 bridgehead atoms. The summed E-state index contributed by atoms with van der Waals surface area (Å²) in [4.78, 5) is 25.0. The second-order valence-electron chi connectivity index (χ2n) is 3.85. The Balaban J connectivity index is 2.78. The second kappa shape index (κ2) is 4.37. The highest BCUT2D eigenvalue weighted by Gasteiger charge is 2.24. The topological polar surface area (TPSA) is 90.4 Å². The number of aromatic amines is 1. The zero-order valence-corrected chi connectivity index (χ0v) is 9.60. The van der Waals surface area contributed by atoms with E-state index < -0.39 is 11.9 Å². The Kier molecular flexibility index (Phi) is 2.89. The van der Waals surface area contributed by atoms with Crippen LogP contribution in [-0.4, -0.2) is 27.1 Å². The third kappa shape index (κ3) is 1.86. The van der Waals surface area contributed by atoms with Crippen LogP contribution in [0.25, 0.3) is 11.1 Å². The Morgan fingerprint density at radius 3 is 2.17 bits per heavy atom. The average molecular weight is 245 g/mol. The molecule has 92 valence electrons. The van der Waals surface area contributed by atoms with Gasteiger partial charge in [0.2, 0.25) is 0 Å². The minimum Gasteiger partial charge on any atom is -0.478 e. The maximum Gasteiger partial charge on any atom is 0.352 e. The summed E-state index contributed by atoms with van der Waals surface area (Å²) in [5.41, 5.74) is 1.01. The van der Waals surface area contributed by atoms with Crippen LogP contribution in [0.3, 0.4) is 0 Å². The molecule has 1 aromatic heterocycles. The van der Waals surface area contributed by atoms with Gasteiger partial charge >= 0.3 is 11.9 Å². The van der Waals surface area contributed by atoms with Gasteiger partial charge in [0, 0.05) is 11.3 Å². The smallest absolute Gasteiger partial charge is 0.352 e. The second-order valence-corrected chi connectivity index (χ2v) is 3.85. The number of nitrogens with one attached hydrogen (secondary N) is 1. The first-order valence-corrected chi connectivity index (χ1v) is 5.27. The summed E-state index contributed by atoms with van der Waals surface area (Å²) in [5, 5.41) is 18.3. The number of H-pyrrole nitrogens is 1. The molecule has 0 radical (unpaired) electrons. The molecule has 2 rings (SSSR count). The van der Waals surface area contributed by atoms with E-state index in [4.69, 9.17) is 5.11 Å². The van der Waals surface area contributed by atoms with Crippen LogP contribution in [0, 0.1) is 6.92 Å². The Morgan fingerprint density at radius 2 is 1.67 bits per heavy atom. The highest BCUT2D eigenvalue weighted by molar-refractivity contribution is 6.05. The van der Waals surface area contributed by atoms with Crippen LogP contribution in [0.1, 0.15) is 26.5 Å². The fourth-order valence-corrected chi connectivity index (χ4v) is 1.95. The maximum absolute atomic E-state index is 11.2. The van der Waals surface area contributed by atoms with Crippen LogP contribution in [0.15, 0.2) is 30.3 Å². The van der Waals surface area contributed by atoms with Crippen molar-refractivity contribution in [3.8, 4) is 11.1 Å². The molecule has 0 spiro atoms. The average Bonchev–Trinajstić information content (AvgIpc) is 2.68. The number of carbonyl (C=O) groups is 2. The predicted molar refractivity (Wildman–Crippen MR) is 64.9 cm³/mol. The number of carboxylic acid groups (broad SMARTS) is 2. The predicted octanol–water partition coefficient (Wildman–Crippen LogP) is 2.39. The Morgan fingerprint density at radius 1 is 1.06 bits per heavy atom. The molecular formula is C13H11NO4. The number of carboxylic acids is 2. The van der Waals surface area contributed by atoms with Crippen LogP contribution < -0.4 is 0 Å². The molecule has 0 atom stereocenters. The Hall–Kier alpha value is -2.56. The summed E-state index contributed by atoms with van der Waals surface area (Å²) >= 11 is 0. The van der Waals surface area contributed by atoms with Gasteiger partial charge in [0.15, 0.2) is 0 Å². The van der Waals surface area contributed by atoms with E-state index in [0.717, 1.165) is 0 Å². The van der Waals surface area contributed by atoms with E-state index in [9.17, 15) is 14.7 Å². The maximum atomic E-state index is 11.2. The van der Waals surface area contributed by atoms with E-state index in [-0.39, 0.29) is 16.8 Å². The van der Waals surface area contributed by atoms with Crippen molar-refractivity contribution in [2.24, 2.45) is 0 Å². The first-order valence-electron chi connectivity index (χ1n) is 5.27. The molecule has 0 aliphatic carbocycles. The van der Waals surface area contributed by atoms with E-state index in [1.165, 1.54) is 0 Å². The quantitative estimate of drug-likeness (QED) is 0.774. The van der Waals surface area contributed by atoms with E-state index in [0.29, 0.717) is 11.3 Å². The molecule has 0 fully saturated rings. The van der Waals surface area contributed by atoms with Crippen molar-refractivity contribution in [2.45, 2.75) is 6.92 Å². The summed E-state index contributed by atoms with van der Waals surface area (Å²) in [6.07, 6.45) is 0. The van der Waals surface area contributed by atoms with Crippen molar-refractivity contribution in [3.63, 3.8) is 0 Å². The van der Waals surface area contributed by atoms with E-state index >= 15 is 0 Å². The van der Waals surface area contributed by atoms with Gasteiger partial charge in [-0.3, -0.25) is 0 Å². The van der Waals surface area contributed by atoms with Gasteiger partial charge in [0.05, 0.1) is 5.56 Å². The van der Waals surface area contributed by atoms with Gasteiger partial charge in [0.25, 0.3) is 0 Å². The minimum atomic E-state index is -1.18. The third-order valence-corrected chi connectivity index (χ3v) is 2.68. The summed E-state index contributed by atoms with van der Waals surface area (Å²) in [7, 11) is 0. The van der Waals surface area contributed by atoms with Crippen molar-refractivity contribution < 1.29 is 19.8 Å². The Labute approximate surface area is 103 Å². The first kappa shape index (κ1) is 11.9. The molecule has 3 N–H and O–H groups in total. The van der Waals surface area contributed by atoms with E-state index in [1.807, 2.05) is 0 Å². The lowest BCUT2D eigenvalue weighted by Crippen LogP contribution is -2.02. The van der Waals surface area contributed by atoms with Gasteiger partial charge in [-0.1, -0.05) is 30.3 Å². The number of aromatic nitrogens is 1. The number of rotatable bonds is 3. The van der Waals surface area contributed by atoms with E-state index in [2.05, 4.69) is 4.98 Å². The van der Waals surface area contributed by atoms with Crippen molar-refractivity contribution in [1.29, 1.82) is 0 Å². The molecule has 0 unspecified atom stereocenters. The monoisotopic (exact) mass is 245 g/mol. The fraction of sp³-hybridized carbons (Fsp3) is 0.0769. The van der Waals surface area contributed by atoms with Crippen molar-refractivity contribution in [2.75, 3.05) is 0 Å². The van der Waals surface area contributed by atoms with Crippen LogP contribution in [0.5, 0.6) is 0 Å². The van der Waals surface area contributed by atoms with Gasteiger partial charge in [-0.25, -0.2) is 9.59 Å². The molecule has 0 aliphatic heterocycles. The largest absolute Gasteiger partial charge is 0.478 e. The van der Waals surface area contributed by atoms with E-state index in [1.54, 1.807) is 37.3 Å². The molecule has 0 aliphatic rings. The van der Waals surface area contributed by atoms with Gasteiger partial charge in [-0.15, -0.1) is 0 Å².